The van der Waals surface area contributed by atoms with Gasteiger partial charge < -0.3 is 11.1 Å². The molecule has 2 unspecified atom stereocenters. The second-order valence-corrected chi connectivity index (χ2v) is 7.17. The molecule has 1 saturated heterocycles. The zero-order chi connectivity index (χ0) is 16.3. The van der Waals surface area contributed by atoms with Crippen LogP contribution in [0.1, 0.15) is 38.3 Å². The Hall–Kier alpha value is -1.10. The van der Waals surface area contributed by atoms with Crippen LogP contribution in [0.25, 0.3) is 0 Å². The summed E-state index contributed by atoms with van der Waals surface area (Å²) in [7, 11) is 0. The van der Waals surface area contributed by atoms with E-state index < -0.39 is 0 Å². The number of nitrogens with zero attached hydrogens (tertiary/aromatic N) is 1. The van der Waals surface area contributed by atoms with E-state index in [0.29, 0.717) is 6.54 Å². The number of hydrogen-bond donors (Lipinski definition) is 2. The molecular weight excluding hydrogens is 310 g/mol. The molecule has 23 heavy (non-hydrogen) atoms. The van der Waals surface area contributed by atoms with Crippen LogP contribution in [0.15, 0.2) is 24.3 Å². The summed E-state index contributed by atoms with van der Waals surface area (Å²) >= 11 is 0. The Balaban J connectivity index is 0.00000264. The summed E-state index contributed by atoms with van der Waals surface area (Å²) in [6.45, 7) is 10.8. The topological polar surface area (TPSA) is 58.4 Å². The Morgan fingerprint density at radius 2 is 2.09 bits per heavy atom. The Morgan fingerprint density at radius 3 is 2.70 bits per heavy atom. The van der Waals surface area contributed by atoms with Crippen LogP contribution in [0.2, 0.25) is 0 Å². The highest BCUT2D eigenvalue weighted by atomic mass is 35.5. The predicted molar refractivity (Wildman–Crippen MR) is 97.7 cm³/mol. The van der Waals surface area contributed by atoms with Crippen LogP contribution in [0.4, 0.5) is 0 Å². The molecule has 5 heteroatoms. The van der Waals surface area contributed by atoms with Gasteiger partial charge in [0.25, 0.3) is 0 Å². The van der Waals surface area contributed by atoms with Crippen molar-refractivity contribution in [2.45, 2.75) is 52.7 Å². The molecule has 0 radical (unpaired) electrons. The fraction of sp³-hybridized carbons (Fsp3) is 0.611. The van der Waals surface area contributed by atoms with Gasteiger partial charge in [-0.2, -0.15) is 0 Å². The van der Waals surface area contributed by atoms with Crippen molar-refractivity contribution in [3.8, 4) is 0 Å². The maximum absolute atomic E-state index is 12.4. The van der Waals surface area contributed by atoms with Gasteiger partial charge in [-0.15, -0.1) is 12.4 Å². The molecule has 2 atom stereocenters. The molecule has 1 fully saturated rings. The molecule has 0 aromatic heterocycles. The highest BCUT2D eigenvalue weighted by Gasteiger charge is 2.36. The van der Waals surface area contributed by atoms with E-state index in [9.17, 15) is 4.79 Å². The molecule has 0 spiro atoms. The average molecular weight is 340 g/mol. The van der Waals surface area contributed by atoms with Gasteiger partial charge >= 0.3 is 0 Å². The van der Waals surface area contributed by atoms with Gasteiger partial charge in [-0.1, -0.05) is 38.1 Å². The summed E-state index contributed by atoms with van der Waals surface area (Å²) in [6, 6.07) is 8.25. The predicted octanol–water partition coefficient (Wildman–Crippen LogP) is 2.48. The summed E-state index contributed by atoms with van der Waals surface area (Å²) in [5.74, 6) is 0.0922. The Morgan fingerprint density at radius 1 is 1.43 bits per heavy atom. The largest absolute Gasteiger partial charge is 0.351 e. The lowest BCUT2D eigenvalue weighted by Gasteiger charge is -2.44. The zero-order valence-corrected chi connectivity index (χ0v) is 15.5. The number of likely N-dealkylation sites (tertiary alicyclic amines) is 1. The molecular formula is C18H30ClN3O. The number of benzene rings is 1. The third-order valence-corrected chi connectivity index (χ3v) is 4.98. The first-order chi connectivity index (χ1) is 10.3. The van der Waals surface area contributed by atoms with E-state index in [0.717, 1.165) is 19.5 Å². The monoisotopic (exact) mass is 339 g/mol. The molecule has 0 bridgehead atoms. The number of hydrogen-bond acceptors (Lipinski definition) is 3. The van der Waals surface area contributed by atoms with Crippen molar-refractivity contribution in [2.75, 3.05) is 13.1 Å². The highest BCUT2D eigenvalue weighted by molar-refractivity contribution is 5.85. The van der Waals surface area contributed by atoms with Crippen molar-refractivity contribution in [1.82, 2.24) is 10.2 Å². The Kier molecular flexibility index (Phi) is 7.05. The first kappa shape index (κ1) is 19.9. The minimum atomic E-state index is -0.115. The van der Waals surface area contributed by atoms with Crippen LogP contribution in [0.5, 0.6) is 0 Å². The molecule has 1 aliphatic rings. The van der Waals surface area contributed by atoms with E-state index in [1.165, 1.54) is 11.1 Å². The van der Waals surface area contributed by atoms with Crippen molar-refractivity contribution in [1.29, 1.82) is 0 Å². The Bertz CT molecular complexity index is 533. The number of carbonyl (C=O) groups excluding carboxylic acids is 1. The van der Waals surface area contributed by atoms with Crippen LogP contribution >= 0.6 is 12.4 Å². The maximum atomic E-state index is 12.4. The quantitative estimate of drug-likeness (QED) is 0.886. The summed E-state index contributed by atoms with van der Waals surface area (Å²) in [6.07, 6.45) is 0.947. The van der Waals surface area contributed by atoms with Crippen molar-refractivity contribution >= 4 is 18.3 Å². The first-order valence-electron chi connectivity index (χ1n) is 8.13. The van der Waals surface area contributed by atoms with Crippen LogP contribution in [-0.2, 0) is 11.3 Å². The molecule has 4 nitrogen and oxygen atoms in total. The first-order valence-corrected chi connectivity index (χ1v) is 8.13. The van der Waals surface area contributed by atoms with E-state index in [1.807, 2.05) is 19.1 Å². The minimum absolute atomic E-state index is 0. The van der Waals surface area contributed by atoms with Crippen LogP contribution in [0.3, 0.4) is 0 Å². The van der Waals surface area contributed by atoms with E-state index in [-0.39, 0.29) is 35.8 Å². The van der Waals surface area contributed by atoms with Gasteiger partial charge in [0.1, 0.15) is 0 Å². The third kappa shape index (κ3) is 4.93. The standard InChI is InChI=1S/C18H29N3O.ClH/c1-13-7-5-6-8-15(13)11-20-17(22)14(2)21-10-9-16(19)18(3,4)12-21;/h5-8,14,16H,9-12,19H2,1-4H3,(H,20,22);1H. The molecule has 130 valence electrons. The molecule has 2 rings (SSSR count). The number of nitrogens with one attached hydrogen (secondary N) is 1. The van der Waals surface area contributed by atoms with Gasteiger partial charge in [0.2, 0.25) is 5.91 Å². The van der Waals surface area contributed by atoms with Gasteiger partial charge in [-0.05, 0) is 36.8 Å². The van der Waals surface area contributed by atoms with E-state index >= 15 is 0 Å². The zero-order valence-electron chi connectivity index (χ0n) is 14.6. The van der Waals surface area contributed by atoms with Crippen molar-refractivity contribution in [3.05, 3.63) is 35.4 Å². The van der Waals surface area contributed by atoms with Crippen LogP contribution in [0, 0.1) is 12.3 Å². The van der Waals surface area contributed by atoms with Gasteiger partial charge in [-0.25, -0.2) is 0 Å². The number of rotatable bonds is 4. The minimum Gasteiger partial charge on any atom is -0.351 e. The molecule has 1 heterocycles. The normalized spacial score (nSPS) is 22.0. The molecule has 1 amide bonds. The average Bonchev–Trinajstić information content (AvgIpc) is 2.48. The number of halogens is 1. The Labute approximate surface area is 146 Å². The van der Waals surface area contributed by atoms with Gasteiger partial charge in [0.05, 0.1) is 6.04 Å². The van der Waals surface area contributed by atoms with Crippen LogP contribution < -0.4 is 11.1 Å². The fourth-order valence-electron chi connectivity index (χ4n) is 3.05. The van der Waals surface area contributed by atoms with E-state index in [1.54, 1.807) is 0 Å². The summed E-state index contributed by atoms with van der Waals surface area (Å²) < 4.78 is 0. The summed E-state index contributed by atoms with van der Waals surface area (Å²) in [5, 5.41) is 3.06. The van der Waals surface area contributed by atoms with Crippen LogP contribution in [-0.4, -0.2) is 36.0 Å². The lowest BCUT2D eigenvalue weighted by atomic mass is 9.79. The molecule has 3 N–H and O–H groups in total. The molecule has 1 aliphatic heterocycles. The lowest BCUT2D eigenvalue weighted by molar-refractivity contribution is -0.127. The molecule has 0 aliphatic carbocycles. The molecule has 0 saturated carbocycles. The maximum Gasteiger partial charge on any atom is 0.237 e. The highest BCUT2D eigenvalue weighted by Crippen LogP contribution is 2.28. The fourth-order valence-corrected chi connectivity index (χ4v) is 3.05. The number of amides is 1. The second-order valence-electron chi connectivity index (χ2n) is 7.17. The number of piperidine rings is 1. The third-order valence-electron chi connectivity index (χ3n) is 4.98. The van der Waals surface area contributed by atoms with Crippen molar-refractivity contribution in [3.63, 3.8) is 0 Å². The number of nitrogens with two attached hydrogens (primary N) is 1. The smallest absolute Gasteiger partial charge is 0.237 e. The van der Waals surface area contributed by atoms with E-state index in [2.05, 4.69) is 43.1 Å². The van der Waals surface area contributed by atoms with Crippen molar-refractivity contribution in [2.24, 2.45) is 11.1 Å². The number of carbonyl (C=O) groups is 1. The lowest BCUT2D eigenvalue weighted by Crippen LogP contribution is -2.57. The van der Waals surface area contributed by atoms with Gasteiger partial charge in [0.15, 0.2) is 0 Å². The summed E-state index contributed by atoms with van der Waals surface area (Å²) in [5.41, 5.74) is 8.61. The molecule has 1 aromatic carbocycles. The molecule has 1 aromatic rings. The van der Waals surface area contributed by atoms with Gasteiger partial charge in [-0.3, -0.25) is 9.69 Å². The number of aryl methyl sites for hydroxylation is 1. The van der Waals surface area contributed by atoms with Crippen molar-refractivity contribution < 1.29 is 4.79 Å². The SMILES string of the molecule is Cc1ccccc1CNC(=O)C(C)N1CCC(N)C(C)(C)C1.Cl. The van der Waals surface area contributed by atoms with Gasteiger partial charge in [0, 0.05) is 25.7 Å². The summed E-state index contributed by atoms with van der Waals surface area (Å²) in [4.78, 5) is 14.7. The second kappa shape index (κ2) is 8.13. The van der Waals surface area contributed by atoms with E-state index in [4.69, 9.17) is 5.73 Å².